The Kier molecular flexibility index (Phi) is 5.60. The van der Waals surface area contributed by atoms with Crippen molar-refractivity contribution in [3.63, 3.8) is 0 Å². The maximum absolute atomic E-state index is 13.8. The molecule has 0 heterocycles. The molecule has 0 unspecified atom stereocenters. The molecule has 3 aromatic rings. The minimum absolute atomic E-state index is 0.293. The van der Waals surface area contributed by atoms with Crippen LogP contribution in [0.2, 0.25) is 0 Å². The molecule has 0 N–H and O–H groups in total. The van der Waals surface area contributed by atoms with Gasteiger partial charge in [0.2, 0.25) is 0 Å². The van der Waals surface area contributed by atoms with Gasteiger partial charge in [-0.15, -0.1) is 0 Å². The zero-order valence-electron chi connectivity index (χ0n) is 15.6. The van der Waals surface area contributed by atoms with E-state index in [1.807, 2.05) is 62.4 Å². The lowest BCUT2D eigenvalue weighted by Gasteiger charge is -2.03. The van der Waals surface area contributed by atoms with Crippen LogP contribution in [-0.2, 0) is 0 Å². The van der Waals surface area contributed by atoms with Gasteiger partial charge in [0.1, 0.15) is 11.6 Å². The first-order valence-corrected chi connectivity index (χ1v) is 8.60. The third-order valence-corrected chi connectivity index (χ3v) is 4.11. The average Bonchev–Trinajstić information content (AvgIpc) is 2.67. The standard InChI is InChI=1S/C25H19FO/c1-18-4-14-23(24(26)16-18)15-13-21-9-7-20(8-10-21)11-12-22-6-5-19(2)25(17-22)27-3/h4-10,14,16-17H,1-3H3. The van der Waals surface area contributed by atoms with Crippen LogP contribution in [0.3, 0.4) is 0 Å². The molecule has 0 amide bonds. The van der Waals surface area contributed by atoms with Gasteiger partial charge in [0.15, 0.2) is 0 Å². The maximum atomic E-state index is 13.8. The van der Waals surface area contributed by atoms with Gasteiger partial charge in [-0.2, -0.15) is 0 Å². The Bertz CT molecular complexity index is 1090. The van der Waals surface area contributed by atoms with Crippen LogP contribution >= 0.6 is 0 Å². The van der Waals surface area contributed by atoms with E-state index in [1.165, 1.54) is 6.07 Å². The first-order chi connectivity index (χ1) is 13.0. The third-order valence-electron chi connectivity index (χ3n) is 4.11. The fourth-order valence-electron chi connectivity index (χ4n) is 2.54. The minimum atomic E-state index is -0.293. The summed E-state index contributed by atoms with van der Waals surface area (Å²) in [6.07, 6.45) is 0. The van der Waals surface area contributed by atoms with Crippen LogP contribution in [0.1, 0.15) is 33.4 Å². The van der Waals surface area contributed by atoms with Crippen LogP contribution in [0.25, 0.3) is 0 Å². The third kappa shape index (κ3) is 4.78. The zero-order valence-corrected chi connectivity index (χ0v) is 15.6. The van der Waals surface area contributed by atoms with Crippen LogP contribution < -0.4 is 4.74 Å². The number of rotatable bonds is 1. The van der Waals surface area contributed by atoms with E-state index in [1.54, 1.807) is 13.2 Å². The highest BCUT2D eigenvalue weighted by molar-refractivity contribution is 5.50. The molecule has 27 heavy (non-hydrogen) atoms. The normalized spacial score (nSPS) is 9.63. The maximum Gasteiger partial charge on any atom is 0.139 e. The van der Waals surface area contributed by atoms with E-state index in [0.29, 0.717) is 5.56 Å². The minimum Gasteiger partial charge on any atom is -0.496 e. The summed E-state index contributed by atoms with van der Waals surface area (Å²) in [6.45, 7) is 3.85. The first kappa shape index (κ1) is 18.3. The van der Waals surface area contributed by atoms with Crippen LogP contribution in [0.4, 0.5) is 4.39 Å². The molecule has 132 valence electrons. The number of halogens is 1. The van der Waals surface area contributed by atoms with Crippen molar-refractivity contribution in [3.8, 4) is 29.4 Å². The fraction of sp³-hybridized carbons (Fsp3) is 0.120. The molecular formula is C25H19FO. The van der Waals surface area contributed by atoms with E-state index in [4.69, 9.17) is 4.74 Å². The molecule has 0 radical (unpaired) electrons. The van der Waals surface area contributed by atoms with E-state index in [9.17, 15) is 4.39 Å². The van der Waals surface area contributed by atoms with Crippen molar-refractivity contribution in [1.29, 1.82) is 0 Å². The van der Waals surface area contributed by atoms with Gasteiger partial charge in [-0.1, -0.05) is 35.8 Å². The first-order valence-electron chi connectivity index (χ1n) is 8.60. The van der Waals surface area contributed by atoms with E-state index in [0.717, 1.165) is 33.6 Å². The summed E-state index contributed by atoms with van der Waals surface area (Å²) in [7, 11) is 1.65. The monoisotopic (exact) mass is 354 g/mol. The van der Waals surface area contributed by atoms with Gasteiger partial charge in [-0.05, 0) is 73.5 Å². The lowest BCUT2D eigenvalue weighted by Crippen LogP contribution is -1.87. The average molecular weight is 354 g/mol. The molecule has 0 bridgehead atoms. The number of hydrogen-bond donors (Lipinski definition) is 0. The summed E-state index contributed by atoms with van der Waals surface area (Å²) in [5, 5.41) is 0. The molecule has 0 aliphatic rings. The number of methoxy groups -OCH3 is 1. The number of aryl methyl sites for hydroxylation is 2. The van der Waals surface area contributed by atoms with Gasteiger partial charge in [-0.3, -0.25) is 0 Å². The molecule has 3 rings (SSSR count). The Balaban J connectivity index is 1.76. The van der Waals surface area contributed by atoms with Gasteiger partial charge in [0.25, 0.3) is 0 Å². The van der Waals surface area contributed by atoms with Gasteiger partial charge in [0.05, 0.1) is 12.7 Å². The summed E-state index contributed by atoms with van der Waals surface area (Å²) in [5.41, 5.74) is 4.97. The van der Waals surface area contributed by atoms with Crippen LogP contribution in [0.15, 0.2) is 60.7 Å². The molecule has 0 fully saturated rings. The zero-order chi connectivity index (χ0) is 19.2. The highest BCUT2D eigenvalue weighted by atomic mass is 19.1. The molecule has 0 aliphatic carbocycles. The molecule has 0 spiro atoms. The highest BCUT2D eigenvalue weighted by Gasteiger charge is 1.99. The molecule has 0 aliphatic heterocycles. The lowest BCUT2D eigenvalue weighted by atomic mass is 10.1. The molecular weight excluding hydrogens is 335 g/mol. The Labute approximate surface area is 159 Å². The van der Waals surface area contributed by atoms with Crippen molar-refractivity contribution in [2.45, 2.75) is 13.8 Å². The molecule has 2 heteroatoms. The smallest absolute Gasteiger partial charge is 0.139 e. The Morgan fingerprint density at radius 3 is 1.93 bits per heavy atom. The molecule has 1 nitrogen and oxygen atoms in total. The summed E-state index contributed by atoms with van der Waals surface area (Å²) < 4.78 is 19.2. The summed E-state index contributed by atoms with van der Waals surface area (Å²) in [4.78, 5) is 0. The molecule has 0 aromatic heterocycles. The van der Waals surface area contributed by atoms with Crippen molar-refractivity contribution >= 4 is 0 Å². The van der Waals surface area contributed by atoms with E-state index >= 15 is 0 Å². The van der Waals surface area contributed by atoms with Gasteiger partial charge in [0, 0.05) is 16.7 Å². The molecule has 0 saturated heterocycles. The SMILES string of the molecule is COc1cc(C#Cc2ccc(C#Cc3ccc(C)cc3F)cc2)ccc1C. The molecule has 0 saturated carbocycles. The van der Waals surface area contributed by atoms with Crippen molar-refractivity contribution < 1.29 is 9.13 Å². The Morgan fingerprint density at radius 2 is 1.30 bits per heavy atom. The lowest BCUT2D eigenvalue weighted by molar-refractivity contribution is 0.411. The number of hydrogen-bond acceptors (Lipinski definition) is 1. The Hall–Kier alpha value is -3.49. The molecule has 0 atom stereocenters. The predicted octanol–water partition coefficient (Wildman–Crippen LogP) is 5.25. The quantitative estimate of drug-likeness (QED) is 0.542. The Morgan fingerprint density at radius 1 is 0.704 bits per heavy atom. The highest BCUT2D eigenvalue weighted by Crippen LogP contribution is 2.18. The number of benzene rings is 3. The van der Waals surface area contributed by atoms with Crippen molar-refractivity contribution in [3.05, 3.63) is 99.9 Å². The second kappa shape index (κ2) is 8.26. The largest absolute Gasteiger partial charge is 0.496 e. The predicted molar refractivity (Wildman–Crippen MR) is 107 cm³/mol. The van der Waals surface area contributed by atoms with Crippen LogP contribution in [0, 0.1) is 43.3 Å². The van der Waals surface area contributed by atoms with Crippen LogP contribution in [-0.4, -0.2) is 7.11 Å². The summed E-state index contributed by atoms with van der Waals surface area (Å²) >= 11 is 0. The summed E-state index contributed by atoms with van der Waals surface area (Å²) in [5.74, 6) is 12.7. The topological polar surface area (TPSA) is 9.23 Å². The van der Waals surface area contributed by atoms with E-state index < -0.39 is 0 Å². The fourth-order valence-corrected chi connectivity index (χ4v) is 2.54. The van der Waals surface area contributed by atoms with Crippen LogP contribution in [0.5, 0.6) is 5.75 Å². The summed E-state index contributed by atoms with van der Waals surface area (Å²) in [6, 6.07) is 18.5. The number of ether oxygens (including phenoxy) is 1. The van der Waals surface area contributed by atoms with Crippen molar-refractivity contribution in [1.82, 2.24) is 0 Å². The van der Waals surface area contributed by atoms with Crippen molar-refractivity contribution in [2.75, 3.05) is 7.11 Å². The van der Waals surface area contributed by atoms with E-state index in [2.05, 4.69) is 23.7 Å². The second-order valence-corrected chi connectivity index (χ2v) is 6.25. The molecule has 3 aromatic carbocycles. The van der Waals surface area contributed by atoms with E-state index in [-0.39, 0.29) is 5.82 Å². The van der Waals surface area contributed by atoms with Crippen molar-refractivity contribution in [2.24, 2.45) is 0 Å². The van der Waals surface area contributed by atoms with Gasteiger partial charge in [-0.25, -0.2) is 4.39 Å². The van der Waals surface area contributed by atoms with Gasteiger partial charge >= 0.3 is 0 Å². The van der Waals surface area contributed by atoms with Gasteiger partial charge < -0.3 is 4.74 Å². The second-order valence-electron chi connectivity index (χ2n) is 6.25.